The Morgan fingerprint density at radius 3 is 1.47 bits per heavy atom. The average Bonchev–Trinajstić information content (AvgIpc) is 2.42. The Morgan fingerprint density at radius 1 is 0.737 bits per heavy atom. The van der Waals surface area contributed by atoms with Gasteiger partial charge < -0.3 is 14.8 Å². The summed E-state index contributed by atoms with van der Waals surface area (Å²) in [5.74, 6) is 0. The van der Waals surface area contributed by atoms with Crippen LogP contribution in [0.5, 0.6) is 0 Å². The zero-order valence-corrected chi connectivity index (χ0v) is 13.5. The summed E-state index contributed by atoms with van der Waals surface area (Å²) in [6.45, 7) is 12.1. The van der Waals surface area contributed by atoms with Crippen LogP contribution in [0.1, 0.15) is 66.2 Å². The molecule has 0 aliphatic heterocycles. The lowest BCUT2D eigenvalue weighted by Gasteiger charge is -2.21. The van der Waals surface area contributed by atoms with E-state index in [0.29, 0.717) is 12.2 Å². The van der Waals surface area contributed by atoms with E-state index in [1.807, 2.05) is 0 Å². The van der Waals surface area contributed by atoms with Gasteiger partial charge in [-0.3, -0.25) is 0 Å². The average molecular weight is 273 g/mol. The van der Waals surface area contributed by atoms with Crippen molar-refractivity contribution in [2.24, 2.45) is 0 Å². The first-order valence-electron chi connectivity index (χ1n) is 8.22. The number of rotatable bonds is 14. The normalized spacial score (nSPS) is 14.5. The van der Waals surface area contributed by atoms with Crippen molar-refractivity contribution >= 4 is 0 Å². The number of unbranched alkanes of at least 4 members (excludes halogenated alkanes) is 2. The molecule has 19 heavy (non-hydrogen) atoms. The van der Waals surface area contributed by atoms with E-state index in [-0.39, 0.29) is 0 Å². The van der Waals surface area contributed by atoms with Crippen LogP contribution in [0.15, 0.2) is 0 Å². The fourth-order valence-corrected chi connectivity index (χ4v) is 2.23. The third kappa shape index (κ3) is 11.4. The molecule has 0 fully saturated rings. The van der Waals surface area contributed by atoms with E-state index in [1.165, 1.54) is 25.7 Å². The summed E-state index contributed by atoms with van der Waals surface area (Å²) in [5.41, 5.74) is 0. The highest BCUT2D eigenvalue weighted by Gasteiger charge is 2.11. The zero-order chi connectivity index (χ0) is 14.3. The number of ether oxygens (including phenoxy) is 2. The van der Waals surface area contributed by atoms with Crippen LogP contribution < -0.4 is 5.32 Å². The van der Waals surface area contributed by atoms with Crippen LogP contribution in [0.3, 0.4) is 0 Å². The standard InChI is InChI=1S/C16H35NO2/c1-5-9-11-15(18-7-3)13-17-14-16(19-8-4)12-10-6-2/h15-17H,5-14H2,1-4H3. The lowest BCUT2D eigenvalue weighted by Crippen LogP contribution is -2.35. The maximum absolute atomic E-state index is 5.76. The quantitative estimate of drug-likeness (QED) is 0.522. The van der Waals surface area contributed by atoms with Gasteiger partial charge in [-0.1, -0.05) is 39.5 Å². The Labute approximate surface area is 120 Å². The summed E-state index contributed by atoms with van der Waals surface area (Å²) in [4.78, 5) is 0. The Morgan fingerprint density at radius 2 is 1.16 bits per heavy atom. The molecule has 0 aromatic heterocycles. The van der Waals surface area contributed by atoms with E-state index in [4.69, 9.17) is 9.47 Å². The predicted molar refractivity (Wildman–Crippen MR) is 82.7 cm³/mol. The summed E-state index contributed by atoms with van der Waals surface area (Å²) in [6, 6.07) is 0. The molecule has 116 valence electrons. The summed E-state index contributed by atoms with van der Waals surface area (Å²) in [6.07, 6.45) is 8.01. The molecule has 1 N–H and O–H groups in total. The molecule has 0 amide bonds. The van der Waals surface area contributed by atoms with Gasteiger partial charge >= 0.3 is 0 Å². The van der Waals surface area contributed by atoms with Crippen molar-refractivity contribution in [1.82, 2.24) is 5.32 Å². The van der Waals surface area contributed by atoms with Gasteiger partial charge in [-0.25, -0.2) is 0 Å². The van der Waals surface area contributed by atoms with Gasteiger partial charge in [-0.2, -0.15) is 0 Å². The Hall–Kier alpha value is -0.120. The van der Waals surface area contributed by atoms with Gasteiger partial charge in [-0.15, -0.1) is 0 Å². The van der Waals surface area contributed by atoms with Gasteiger partial charge in [0.05, 0.1) is 12.2 Å². The molecule has 0 aromatic carbocycles. The first kappa shape index (κ1) is 18.9. The molecular weight excluding hydrogens is 238 g/mol. The third-order valence-electron chi connectivity index (χ3n) is 3.31. The molecule has 0 heterocycles. The molecule has 0 bridgehead atoms. The summed E-state index contributed by atoms with van der Waals surface area (Å²) >= 11 is 0. The minimum atomic E-state index is 0.360. The second kappa shape index (κ2) is 14.3. The highest BCUT2D eigenvalue weighted by Crippen LogP contribution is 2.06. The Bertz CT molecular complexity index is 158. The minimum Gasteiger partial charge on any atom is -0.377 e. The van der Waals surface area contributed by atoms with Gasteiger partial charge in [0, 0.05) is 26.3 Å². The smallest absolute Gasteiger partial charge is 0.0699 e. The second-order valence-electron chi connectivity index (χ2n) is 5.10. The van der Waals surface area contributed by atoms with Crippen LogP contribution in [0.4, 0.5) is 0 Å². The molecule has 3 heteroatoms. The van der Waals surface area contributed by atoms with Crippen LogP contribution in [0, 0.1) is 0 Å². The lowest BCUT2D eigenvalue weighted by molar-refractivity contribution is 0.0374. The summed E-state index contributed by atoms with van der Waals surface area (Å²) in [5, 5.41) is 3.52. The molecule has 0 spiro atoms. The van der Waals surface area contributed by atoms with Crippen molar-refractivity contribution in [3.05, 3.63) is 0 Å². The number of hydrogen-bond donors (Lipinski definition) is 1. The summed E-state index contributed by atoms with van der Waals surface area (Å²) < 4.78 is 11.5. The first-order valence-corrected chi connectivity index (χ1v) is 8.22. The molecule has 3 nitrogen and oxygen atoms in total. The van der Waals surface area contributed by atoms with Crippen LogP contribution >= 0.6 is 0 Å². The van der Waals surface area contributed by atoms with Crippen molar-refractivity contribution in [3.63, 3.8) is 0 Å². The van der Waals surface area contributed by atoms with Gasteiger partial charge in [0.15, 0.2) is 0 Å². The predicted octanol–water partition coefficient (Wildman–Crippen LogP) is 3.77. The maximum Gasteiger partial charge on any atom is 0.0699 e. The monoisotopic (exact) mass is 273 g/mol. The van der Waals surface area contributed by atoms with Crippen molar-refractivity contribution in [3.8, 4) is 0 Å². The Balaban J connectivity index is 3.83. The SMILES string of the molecule is CCCCC(CNCC(CCCC)OCC)OCC. The Kier molecular flexibility index (Phi) is 14.2. The minimum absolute atomic E-state index is 0.360. The molecular formula is C16H35NO2. The van der Waals surface area contributed by atoms with E-state index in [2.05, 4.69) is 33.0 Å². The van der Waals surface area contributed by atoms with Crippen molar-refractivity contribution < 1.29 is 9.47 Å². The van der Waals surface area contributed by atoms with Gasteiger partial charge in [0.2, 0.25) is 0 Å². The largest absolute Gasteiger partial charge is 0.377 e. The molecule has 0 saturated carbocycles. The fourth-order valence-electron chi connectivity index (χ4n) is 2.23. The van der Waals surface area contributed by atoms with Gasteiger partial charge in [0.25, 0.3) is 0 Å². The van der Waals surface area contributed by atoms with Gasteiger partial charge in [0.1, 0.15) is 0 Å². The van der Waals surface area contributed by atoms with E-state index < -0.39 is 0 Å². The zero-order valence-electron chi connectivity index (χ0n) is 13.5. The van der Waals surface area contributed by atoms with E-state index in [0.717, 1.165) is 39.1 Å². The number of hydrogen-bond acceptors (Lipinski definition) is 3. The topological polar surface area (TPSA) is 30.5 Å². The molecule has 0 aliphatic carbocycles. The fraction of sp³-hybridized carbons (Fsp3) is 1.00. The van der Waals surface area contributed by atoms with Gasteiger partial charge in [-0.05, 0) is 26.7 Å². The molecule has 0 rings (SSSR count). The van der Waals surface area contributed by atoms with Crippen molar-refractivity contribution in [2.45, 2.75) is 78.4 Å². The third-order valence-corrected chi connectivity index (χ3v) is 3.31. The molecule has 2 unspecified atom stereocenters. The molecule has 2 atom stereocenters. The molecule has 0 radical (unpaired) electrons. The lowest BCUT2D eigenvalue weighted by atomic mass is 10.1. The summed E-state index contributed by atoms with van der Waals surface area (Å²) in [7, 11) is 0. The van der Waals surface area contributed by atoms with Crippen molar-refractivity contribution in [1.29, 1.82) is 0 Å². The van der Waals surface area contributed by atoms with Crippen LogP contribution in [-0.2, 0) is 9.47 Å². The van der Waals surface area contributed by atoms with Crippen LogP contribution in [0.25, 0.3) is 0 Å². The molecule has 0 aliphatic rings. The van der Waals surface area contributed by atoms with E-state index >= 15 is 0 Å². The second-order valence-corrected chi connectivity index (χ2v) is 5.10. The van der Waals surface area contributed by atoms with E-state index in [1.54, 1.807) is 0 Å². The van der Waals surface area contributed by atoms with Crippen LogP contribution in [0.2, 0.25) is 0 Å². The van der Waals surface area contributed by atoms with Crippen molar-refractivity contribution in [2.75, 3.05) is 26.3 Å². The molecule has 0 saturated heterocycles. The first-order chi connectivity index (χ1) is 9.28. The number of nitrogens with one attached hydrogen (secondary N) is 1. The van der Waals surface area contributed by atoms with E-state index in [9.17, 15) is 0 Å². The molecule has 0 aromatic rings. The highest BCUT2D eigenvalue weighted by atomic mass is 16.5. The maximum atomic E-state index is 5.76. The highest BCUT2D eigenvalue weighted by molar-refractivity contribution is 4.66. The van der Waals surface area contributed by atoms with Crippen LogP contribution in [-0.4, -0.2) is 38.5 Å².